The van der Waals surface area contributed by atoms with E-state index in [2.05, 4.69) is 10.0 Å². The van der Waals surface area contributed by atoms with Gasteiger partial charge in [0, 0.05) is 5.54 Å². The Hall–Kier alpha value is -2.54. The number of sulfonamides is 1. The number of rotatable bonds is 5. The van der Waals surface area contributed by atoms with E-state index in [1.165, 1.54) is 19.2 Å². The van der Waals surface area contributed by atoms with Crippen molar-refractivity contribution in [1.82, 2.24) is 5.32 Å². The molecule has 0 saturated heterocycles. The molecule has 7 heteroatoms. The third-order valence-corrected chi connectivity index (χ3v) is 4.94. The van der Waals surface area contributed by atoms with E-state index in [-0.39, 0.29) is 22.1 Å². The molecular formula is C19H24N2O4S. The molecule has 0 aliphatic carbocycles. The summed E-state index contributed by atoms with van der Waals surface area (Å²) in [6.07, 6.45) is 0. The smallest absolute Gasteiger partial charge is 0.261 e. The van der Waals surface area contributed by atoms with E-state index >= 15 is 0 Å². The van der Waals surface area contributed by atoms with Crippen molar-refractivity contribution in [2.24, 2.45) is 0 Å². The molecule has 0 radical (unpaired) electrons. The summed E-state index contributed by atoms with van der Waals surface area (Å²) in [6, 6.07) is 11.1. The van der Waals surface area contributed by atoms with Crippen molar-refractivity contribution in [3.05, 3.63) is 53.6 Å². The van der Waals surface area contributed by atoms with Crippen LogP contribution in [0, 0.1) is 6.92 Å². The molecule has 0 fully saturated rings. The predicted molar refractivity (Wildman–Crippen MR) is 102 cm³/mol. The Morgan fingerprint density at radius 2 is 1.73 bits per heavy atom. The number of hydrogen-bond donors (Lipinski definition) is 2. The molecule has 6 nitrogen and oxygen atoms in total. The van der Waals surface area contributed by atoms with Gasteiger partial charge in [-0.05, 0) is 63.6 Å². The quantitative estimate of drug-likeness (QED) is 0.838. The van der Waals surface area contributed by atoms with Crippen LogP contribution in [0.2, 0.25) is 0 Å². The molecule has 0 spiro atoms. The second kappa shape index (κ2) is 7.37. The molecule has 1 amide bonds. The number of carbonyl (C=O) groups excluding carboxylic acids is 1. The van der Waals surface area contributed by atoms with Gasteiger partial charge in [-0.25, -0.2) is 8.42 Å². The Labute approximate surface area is 154 Å². The summed E-state index contributed by atoms with van der Waals surface area (Å²) in [5.41, 5.74) is 0.754. The molecule has 0 aliphatic rings. The molecule has 2 rings (SSSR count). The molecule has 0 atom stereocenters. The maximum absolute atomic E-state index is 12.7. The average Bonchev–Trinajstić information content (AvgIpc) is 2.53. The van der Waals surface area contributed by atoms with Crippen LogP contribution in [0.25, 0.3) is 0 Å². The molecule has 0 aromatic heterocycles. The Morgan fingerprint density at radius 3 is 2.31 bits per heavy atom. The van der Waals surface area contributed by atoms with Crippen molar-refractivity contribution in [2.45, 2.75) is 38.1 Å². The summed E-state index contributed by atoms with van der Waals surface area (Å²) in [6.45, 7) is 7.34. The second-order valence-electron chi connectivity index (χ2n) is 6.99. The first kappa shape index (κ1) is 19.8. The fraction of sp³-hybridized carbons (Fsp3) is 0.316. The van der Waals surface area contributed by atoms with Crippen LogP contribution >= 0.6 is 0 Å². The summed E-state index contributed by atoms with van der Waals surface area (Å²) in [4.78, 5) is 12.6. The molecule has 0 unspecified atom stereocenters. The lowest BCUT2D eigenvalue weighted by Crippen LogP contribution is -2.40. The summed E-state index contributed by atoms with van der Waals surface area (Å²) < 4.78 is 33.1. The highest BCUT2D eigenvalue weighted by molar-refractivity contribution is 7.92. The van der Waals surface area contributed by atoms with Crippen LogP contribution in [0.15, 0.2) is 47.4 Å². The van der Waals surface area contributed by atoms with E-state index in [9.17, 15) is 13.2 Å². The summed E-state index contributed by atoms with van der Waals surface area (Å²) in [7, 11) is -2.32. The standard InChI is InChI=1S/C19H24N2O4S/c1-13-12-14(10-11-17(13)25-5)26(23,24)21-16-9-7-6-8-15(16)18(22)20-19(2,3)4/h6-12,21H,1-5H3,(H,20,22). The Kier molecular flexibility index (Phi) is 5.61. The Balaban J connectivity index is 2.36. The number of amides is 1. The number of carbonyl (C=O) groups is 1. The fourth-order valence-corrected chi connectivity index (χ4v) is 3.56. The first-order valence-electron chi connectivity index (χ1n) is 8.12. The van der Waals surface area contributed by atoms with Gasteiger partial charge in [0.15, 0.2) is 0 Å². The zero-order chi connectivity index (χ0) is 19.5. The highest BCUT2D eigenvalue weighted by Crippen LogP contribution is 2.24. The van der Waals surface area contributed by atoms with E-state index in [0.717, 1.165) is 0 Å². The lowest BCUT2D eigenvalue weighted by Gasteiger charge is -2.21. The topological polar surface area (TPSA) is 84.5 Å². The van der Waals surface area contributed by atoms with E-state index < -0.39 is 15.6 Å². The van der Waals surface area contributed by atoms with Crippen LogP contribution in [0.3, 0.4) is 0 Å². The number of methoxy groups -OCH3 is 1. The molecule has 2 N–H and O–H groups in total. The van der Waals surface area contributed by atoms with Gasteiger partial charge >= 0.3 is 0 Å². The van der Waals surface area contributed by atoms with Crippen LogP contribution in [0.4, 0.5) is 5.69 Å². The van der Waals surface area contributed by atoms with Gasteiger partial charge in [0.05, 0.1) is 23.3 Å². The monoisotopic (exact) mass is 376 g/mol. The van der Waals surface area contributed by atoms with Crippen molar-refractivity contribution in [3.63, 3.8) is 0 Å². The minimum Gasteiger partial charge on any atom is -0.496 e. The Bertz CT molecular complexity index is 915. The number of aryl methyl sites for hydroxylation is 1. The van der Waals surface area contributed by atoms with Gasteiger partial charge in [-0.3, -0.25) is 9.52 Å². The predicted octanol–water partition coefficient (Wildman–Crippen LogP) is 3.33. The van der Waals surface area contributed by atoms with Crippen LogP contribution in [0.5, 0.6) is 5.75 Å². The van der Waals surface area contributed by atoms with Crippen molar-refractivity contribution >= 4 is 21.6 Å². The number of benzene rings is 2. The van der Waals surface area contributed by atoms with Crippen molar-refractivity contribution in [1.29, 1.82) is 0 Å². The van der Waals surface area contributed by atoms with Crippen LogP contribution in [-0.4, -0.2) is 27.0 Å². The molecule has 2 aromatic carbocycles. The normalized spacial score (nSPS) is 11.7. The molecule has 0 saturated carbocycles. The molecule has 0 aliphatic heterocycles. The van der Waals surface area contributed by atoms with Gasteiger partial charge in [0.2, 0.25) is 0 Å². The summed E-state index contributed by atoms with van der Waals surface area (Å²) in [5, 5.41) is 2.84. The SMILES string of the molecule is COc1ccc(S(=O)(=O)Nc2ccccc2C(=O)NC(C)(C)C)cc1C. The van der Waals surface area contributed by atoms with Crippen molar-refractivity contribution < 1.29 is 17.9 Å². The van der Waals surface area contributed by atoms with Gasteiger partial charge in [0.25, 0.3) is 15.9 Å². The molecular weight excluding hydrogens is 352 g/mol. The highest BCUT2D eigenvalue weighted by atomic mass is 32.2. The Morgan fingerprint density at radius 1 is 1.08 bits per heavy atom. The minimum atomic E-state index is -3.85. The first-order chi connectivity index (χ1) is 12.0. The van der Waals surface area contributed by atoms with Crippen LogP contribution in [0.1, 0.15) is 36.7 Å². The number of anilines is 1. The van der Waals surface area contributed by atoms with Crippen LogP contribution in [-0.2, 0) is 10.0 Å². The number of hydrogen-bond acceptors (Lipinski definition) is 4. The van der Waals surface area contributed by atoms with Gasteiger partial charge < -0.3 is 10.1 Å². The van der Waals surface area contributed by atoms with E-state index in [0.29, 0.717) is 11.3 Å². The third kappa shape index (κ3) is 4.76. The number of ether oxygens (including phenoxy) is 1. The lowest BCUT2D eigenvalue weighted by molar-refractivity contribution is 0.0920. The lowest BCUT2D eigenvalue weighted by atomic mass is 10.1. The molecule has 140 valence electrons. The summed E-state index contributed by atoms with van der Waals surface area (Å²) in [5.74, 6) is 0.260. The largest absolute Gasteiger partial charge is 0.496 e. The summed E-state index contributed by atoms with van der Waals surface area (Å²) >= 11 is 0. The average molecular weight is 376 g/mol. The highest BCUT2D eigenvalue weighted by Gasteiger charge is 2.21. The molecule has 0 heterocycles. The molecule has 26 heavy (non-hydrogen) atoms. The third-order valence-electron chi connectivity index (χ3n) is 3.58. The van der Waals surface area contributed by atoms with Gasteiger partial charge in [-0.15, -0.1) is 0 Å². The number of nitrogens with one attached hydrogen (secondary N) is 2. The van der Waals surface area contributed by atoms with E-state index in [1.54, 1.807) is 37.3 Å². The van der Waals surface area contributed by atoms with Crippen LogP contribution < -0.4 is 14.8 Å². The van der Waals surface area contributed by atoms with Gasteiger partial charge in [-0.1, -0.05) is 12.1 Å². The maximum atomic E-state index is 12.7. The molecule has 0 bridgehead atoms. The van der Waals surface area contributed by atoms with Crippen molar-refractivity contribution in [3.8, 4) is 5.75 Å². The maximum Gasteiger partial charge on any atom is 0.261 e. The van der Waals surface area contributed by atoms with Gasteiger partial charge in [-0.2, -0.15) is 0 Å². The number of para-hydroxylation sites is 1. The minimum absolute atomic E-state index is 0.0989. The van der Waals surface area contributed by atoms with E-state index in [1.807, 2.05) is 20.8 Å². The zero-order valence-electron chi connectivity index (χ0n) is 15.6. The van der Waals surface area contributed by atoms with Gasteiger partial charge in [0.1, 0.15) is 5.75 Å². The second-order valence-corrected chi connectivity index (χ2v) is 8.67. The first-order valence-corrected chi connectivity index (χ1v) is 9.61. The van der Waals surface area contributed by atoms with Crippen molar-refractivity contribution in [2.75, 3.05) is 11.8 Å². The van der Waals surface area contributed by atoms with E-state index in [4.69, 9.17) is 4.74 Å². The molecule has 2 aromatic rings. The zero-order valence-corrected chi connectivity index (χ0v) is 16.4. The fourth-order valence-electron chi connectivity index (χ4n) is 2.40.